The standard InChI is InChI=1S/C10H8O8S2.2Na/c11-9-7-2-1-6(19(13,14)15)3-5(7)4-8(10(9)12)20(16,17)18;;/h1-4,11-12H,(H,13,14,15)(H,16,17,18);;. The third-order valence-corrected chi connectivity index (χ3v) is 4.31. The predicted molar refractivity (Wildman–Crippen MR) is 78.4 cm³/mol. The van der Waals surface area contributed by atoms with Crippen LogP contribution in [-0.4, -0.2) is 95.3 Å². The Morgan fingerprint density at radius 2 is 1.32 bits per heavy atom. The van der Waals surface area contributed by atoms with Crippen LogP contribution in [0.2, 0.25) is 0 Å². The summed E-state index contributed by atoms with van der Waals surface area (Å²) < 4.78 is 61.9. The zero-order valence-corrected chi connectivity index (χ0v) is 17.2. The monoisotopic (exact) mass is 366 g/mol. The first kappa shape index (κ1) is 22.1. The van der Waals surface area contributed by atoms with Gasteiger partial charge >= 0.3 is 0 Å². The number of hydrogen-bond acceptors (Lipinski definition) is 6. The number of benzene rings is 2. The molecule has 0 atom stereocenters. The summed E-state index contributed by atoms with van der Waals surface area (Å²) in [7, 11) is -9.34. The van der Waals surface area contributed by atoms with Crippen LogP contribution in [0.15, 0.2) is 34.1 Å². The Morgan fingerprint density at radius 1 is 0.773 bits per heavy atom. The molecule has 2 aromatic carbocycles. The van der Waals surface area contributed by atoms with Gasteiger partial charge in [0.25, 0.3) is 20.2 Å². The first-order chi connectivity index (χ1) is 9.01. The largest absolute Gasteiger partial charge is 0.504 e. The van der Waals surface area contributed by atoms with Gasteiger partial charge < -0.3 is 10.2 Å². The number of aromatic hydroxyl groups is 2. The minimum absolute atomic E-state index is 0. The van der Waals surface area contributed by atoms with E-state index in [4.69, 9.17) is 9.11 Å². The summed E-state index contributed by atoms with van der Waals surface area (Å²) in [6.45, 7) is 0. The molecule has 2 radical (unpaired) electrons. The van der Waals surface area contributed by atoms with Crippen molar-refractivity contribution in [1.29, 1.82) is 0 Å². The van der Waals surface area contributed by atoms with E-state index in [0.717, 1.165) is 24.3 Å². The van der Waals surface area contributed by atoms with Crippen molar-refractivity contribution in [3.8, 4) is 11.5 Å². The Morgan fingerprint density at radius 3 is 1.77 bits per heavy atom. The molecule has 12 heteroatoms. The van der Waals surface area contributed by atoms with E-state index in [1.807, 2.05) is 0 Å². The maximum Gasteiger partial charge on any atom is 0.298 e. The fraction of sp³-hybridized carbons (Fsp3) is 0. The maximum absolute atomic E-state index is 11.0. The van der Waals surface area contributed by atoms with E-state index in [1.165, 1.54) is 0 Å². The molecule has 0 amide bonds. The summed E-state index contributed by atoms with van der Waals surface area (Å²) in [4.78, 5) is -1.51. The second-order valence-electron chi connectivity index (χ2n) is 3.90. The molecule has 0 unspecified atom stereocenters. The van der Waals surface area contributed by atoms with Gasteiger partial charge in [0.1, 0.15) is 4.90 Å². The van der Waals surface area contributed by atoms with Crippen molar-refractivity contribution in [2.24, 2.45) is 0 Å². The Bertz CT molecular complexity index is 922. The smallest absolute Gasteiger partial charge is 0.298 e. The molecule has 22 heavy (non-hydrogen) atoms. The molecule has 0 aromatic heterocycles. The van der Waals surface area contributed by atoms with Crippen LogP contribution in [0.1, 0.15) is 0 Å². The molecule has 4 N–H and O–H groups in total. The molecule has 0 saturated carbocycles. The van der Waals surface area contributed by atoms with Crippen molar-refractivity contribution in [3.63, 3.8) is 0 Å². The normalized spacial score (nSPS) is 11.5. The SMILES string of the molecule is O=S(=O)(O)c1ccc2c(O)c(O)c(S(=O)(=O)O)cc2c1.[Na].[Na]. The van der Waals surface area contributed by atoms with Gasteiger partial charge in [-0.1, -0.05) is 0 Å². The Kier molecular flexibility index (Phi) is 7.38. The van der Waals surface area contributed by atoms with Gasteiger partial charge in [0.15, 0.2) is 11.5 Å². The van der Waals surface area contributed by atoms with Crippen LogP contribution in [0.4, 0.5) is 0 Å². The number of fused-ring (bicyclic) bond motifs is 1. The summed E-state index contributed by atoms with van der Waals surface area (Å²) in [5, 5.41) is 19.0. The van der Waals surface area contributed by atoms with Gasteiger partial charge in [-0.15, -0.1) is 0 Å². The van der Waals surface area contributed by atoms with Gasteiger partial charge in [-0.3, -0.25) is 9.11 Å². The first-order valence-corrected chi connectivity index (χ1v) is 7.83. The first-order valence-electron chi connectivity index (χ1n) is 4.95. The molecule has 0 aliphatic rings. The zero-order chi connectivity index (χ0) is 15.3. The second kappa shape index (κ2) is 7.34. The zero-order valence-electron chi connectivity index (χ0n) is 11.5. The van der Waals surface area contributed by atoms with Crippen LogP contribution >= 0.6 is 0 Å². The van der Waals surface area contributed by atoms with Crippen LogP contribution in [-0.2, 0) is 20.2 Å². The van der Waals surface area contributed by atoms with Crippen molar-refractivity contribution in [1.82, 2.24) is 0 Å². The number of rotatable bonds is 2. The van der Waals surface area contributed by atoms with Gasteiger partial charge in [0.2, 0.25) is 0 Å². The third-order valence-electron chi connectivity index (χ3n) is 2.60. The molecular formula is C10H8Na2O8S2. The molecule has 110 valence electrons. The van der Waals surface area contributed by atoms with Crippen molar-refractivity contribution in [2.45, 2.75) is 9.79 Å². The second-order valence-corrected chi connectivity index (χ2v) is 6.72. The summed E-state index contributed by atoms with van der Waals surface area (Å²) >= 11 is 0. The average molecular weight is 366 g/mol. The summed E-state index contributed by atoms with van der Waals surface area (Å²) in [6.07, 6.45) is 0. The van der Waals surface area contributed by atoms with E-state index in [2.05, 4.69) is 0 Å². The molecular weight excluding hydrogens is 358 g/mol. The molecule has 0 aliphatic heterocycles. The van der Waals surface area contributed by atoms with E-state index in [9.17, 15) is 27.0 Å². The molecule has 2 aromatic rings. The van der Waals surface area contributed by atoms with Crippen LogP contribution in [0.3, 0.4) is 0 Å². The average Bonchev–Trinajstić information content (AvgIpc) is 2.30. The van der Waals surface area contributed by atoms with E-state index >= 15 is 0 Å². The Balaban J connectivity index is 0.00000220. The van der Waals surface area contributed by atoms with Gasteiger partial charge in [0.05, 0.1) is 4.90 Å². The minimum Gasteiger partial charge on any atom is -0.504 e. The van der Waals surface area contributed by atoms with Gasteiger partial charge in [-0.25, -0.2) is 0 Å². The molecule has 0 heterocycles. The minimum atomic E-state index is -4.82. The number of hydrogen-bond donors (Lipinski definition) is 4. The maximum atomic E-state index is 11.0. The molecule has 8 nitrogen and oxygen atoms in total. The predicted octanol–water partition coefficient (Wildman–Crippen LogP) is -0.0172. The van der Waals surface area contributed by atoms with Crippen LogP contribution in [0.25, 0.3) is 10.8 Å². The van der Waals surface area contributed by atoms with Crippen LogP contribution in [0, 0.1) is 0 Å². The molecule has 0 aliphatic carbocycles. The molecule has 0 saturated heterocycles. The van der Waals surface area contributed by atoms with Crippen molar-refractivity contribution >= 4 is 90.1 Å². The molecule has 2 rings (SSSR count). The molecule has 0 bridgehead atoms. The fourth-order valence-corrected chi connectivity index (χ4v) is 2.82. The summed E-state index contributed by atoms with van der Waals surface area (Å²) in [6, 6.07) is 3.69. The summed E-state index contributed by atoms with van der Waals surface area (Å²) in [5.74, 6) is -1.89. The fourth-order valence-electron chi connectivity index (χ4n) is 1.69. The summed E-state index contributed by atoms with van der Waals surface area (Å²) in [5.41, 5.74) is 0. The molecule has 0 fully saturated rings. The van der Waals surface area contributed by atoms with E-state index < -0.39 is 41.5 Å². The van der Waals surface area contributed by atoms with E-state index in [1.54, 1.807) is 0 Å². The van der Waals surface area contributed by atoms with Crippen LogP contribution < -0.4 is 0 Å². The van der Waals surface area contributed by atoms with Crippen molar-refractivity contribution in [3.05, 3.63) is 24.3 Å². The Hall–Kier alpha value is 0.120. The van der Waals surface area contributed by atoms with Crippen LogP contribution in [0.5, 0.6) is 11.5 Å². The van der Waals surface area contributed by atoms with Crippen molar-refractivity contribution in [2.75, 3.05) is 0 Å². The van der Waals surface area contributed by atoms with Gasteiger partial charge in [-0.05, 0) is 29.7 Å². The third kappa shape index (κ3) is 4.35. The van der Waals surface area contributed by atoms with Gasteiger partial charge in [-0.2, -0.15) is 16.8 Å². The molecule has 0 spiro atoms. The number of phenols is 2. The quantitative estimate of drug-likeness (QED) is 0.329. The van der Waals surface area contributed by atoms with Gasteiger partial charge in [0, 0.05) is 64.5 Å². The van der Waals surface area contributed by atoms with E-state index in [0.29, 0.717) is 0 Å². The Labute approximate surface area is 170 Å². The van der Waals surface area contributed by atoms with Crippen molar-refractivity contribution < 1.29 is 36.2 Å². The van der Waals surface area contributed by atoms with E-state index in [-0.39, 0.29) is 69.9 Å². The topological polar surface area (TPSA) is 149 Å². The number of phenolic OH excluding ortho intramolecular Hbond substituents is 2.